The Morgan fingerprint density at radius 1 is 1.47 bits per heavy atom. The van der Waals surface area contributed by atoms with Crippen LogP contribution >= 0.6 is 0 Å². The van der Waals surface area contributed by atoms with Gasteiger partial charge < -0.3 is 9.84 Å². The average Bonchev–Trinajstić information content (AvgIpc) is 2.31. The molecule has 0 saturated heterocycles. The summed E-state index contributed by atoms with van der Waals surface area (Å²) in [5, 5.41) is 8.98. The first-order valence-corrected chi connectivity index (χ1v) is 5.70. The molecule has 0 spiro atoms. The molecular formula is C14H18O3. The zero-order chi connectivity index (χ0) is 12.7. The molecule has 0 saturated carbocycles. The van der Waals surface area contributed by atoms with Crippen LogP contribution in [-0.2, 0) is 16.1 Å². The van der Waals surface area contributed by atoms with E-state index in [-0.39, 0.29) is 19.0 Å². The Kier molecular flexibility index (Phi) is 5.43. The number of aliphatic hydroxyl groups excluding tert-OH is 1. The van der Waals surface area contributed by atoms with Crippen molar-refractivity contribution in [3.05, 3.63) is 41.0 Å². The van der Waals surface area contributed by atoms with E-state index in [9.17, 15) is 4.79 Å². The molecule has 0 amide bonds. The Bertz CT molecular complexity index is 408. The van der Waals surface area contributed by atoms with Gasteiger partial charge in [-0.05, 0) is 30.5 Å². The lowest BCUT2D eigenvalue weighted by Gasteiger charge is -2.03. The smallest absolute Gasteiger partial charge is 0.309 e. The van der Waals surface area contributed by atoms with Crippen LogP contribution in [0.1, 0.15) is 30.0 Å². The second-order valence-electron chi connectivity index (χ2n) is 3.76. The van der Waals surface area contributed by atoms with E-state index in [1.807, 2.05) is 31.2 Å². The summed E-state index contributed by atoms with van der Waals surface area (Å²) >= 11 is 0. The Morgan fingerprint density at radius 3 is 2.82 bits per heavy atom. The number of aliphatic hydroxyl groups is 1. The zero-order valence-electron chi connectivity index (χ0n) is 10.3. The number of esters is 1. The molecule has 0 unspecified atom stereocenters. The third kappa shape index (κ3) is 4.41. The predicted octanol–water partition coefficient (Wildman–Crippen LogP) is 2.45. The fourth-order valence-electron chi connectivity index (χ4n) is 1.53. The summed E-state index contributed by atoms with van der Waals surface area (Å²) in [5.41, 5.74) is 3.02. The number of benzene rings is 1. The highest BCUT2D eigenvalue weighted by atomic mass is 16.5. The van der Waals surface area contributed by atoms with Crippen LogP contribution in [0.2, 0.25) is 0 Å². The third-order valence-electron chi connectivity index (χ3n) is 2.40. The minimum absolute atomic E-state index is 0.0493. The van der Waals surface area contributed by atoms with Crippen LogP contribution < -0.4 is 0 Å². The summed E-state index contributed by atoms with van der Waals surface area (Å²) < 4.78 is 4.82. The molecule has 3 nitrogen and oxygen atoms in total. The van der Waals surface area contributed by atoms with Crippen LogP contribution in [0.4, 0.5) is 0 Å². The maximum absolute atomic E-state index is 11.1. The molecular weight excluding hydrogens is 216 g/mol. The number of carbonyl (C=O) groups is 1. The Hall–Kier alpha value is -1.61. The van der Waals surface area contributed by atoms with Gasteiger partial charge in [0, 0.05) is 0 Å². The SMILES string of the molecule is CCOC(=O)CC=Cc1ccc(CO)cc1C. The van der Waals surface area contributed by atoms with Crippen molar-refractivity contribution in [2.24, 2.45) is 0 Å². The molecule has 0 heterocycles. The number of hydrogen-bond donors (Lipinski definition) is 1. The van der Waals surface area contributed by atoms with Crippen molar-refractivity contribution in [1.82, 2.24) is 0 Å². The van der Waals surface area contributed by atoms with E-state index in [0.717, 1.165) is 16.7 Å². The highest BCUT2D eigenvalue weighted by Gasteiger charge is 1.99. The molecule has 0 fully saturated rings. The number of carbonyl (C=O) groups excluding carboxylic acids is 1. The molecule has 17 heavy (non-hydrogen) atoms. The third-order valence-corrected chi connectivity index (χ3v) is 2.40. The number of rotatable bonds is 5. The normalized spacial score (nSPS) is 10.8. The largest absolute Gasteiger partial charge is 0.466 e. The molecule has 0 atom stereocenters. The van der Waals surface area contributed by atoms with Crippen LogP contribution in [0.5, 0.6) is 0 Å². The molecule has 0 aromatic heterocycles. The van der Waals surface area contributed by atoms with E-state index in [1.165, 1.54) is 0 Å². The summed E-state index contributed by atoms with van der Waals surface area (Å²) in [6.07, 6.45) is 3.97. The molecule has 3 heteroatoms. The molecule has 1 aromatic rings. The average molecular weight is 234 g/mol. The van der Waals surface area contributed by atoms with Crippen molar-refractivity contribution in [1.29, 1.82) is 0 Å². The molecule has 0 aliphatic rings. The van der Waals surface area contributed by atoms with Crippen LogP contribution in [0.25, 0.3) is 6.08 Å². The second-order valence-corrected chi connectivity index (χ2v) is 3.76. The lowest BCUT2D eigenvalue weighted by molar-refractivity contribution is -0.142. The summed E-state index contributed by atoms with van der Waals surface area (Å²) in [6.45, 7) is 4.23. The number of hydrogen-bond acceptors (Lipinski definition) is 3. The van der Waals surface area contributed by atoms with E-state index < -0.39 is 0 Å². The molecule has 1 aromatic carbocycles. The lowest BCUT2D eigenvalue weighted by atomic mass is 10.0. The molecule has 0 aliphatic heterocycles. The minimum atomic E-state index is -0.214. The van der Waals surface area contributed by atoms with Gasteiger partial charge in [0.05, 0.1) is 19.6 Å². The summed E-state index contributed by atoms with van der Waals surface area (Å²) in [4.78, 5) is 11.1. The molecule has 1 N–H and O–H groups in total. The second kappa shape index (κ2) is 6.86. The van der Waals surface area contributed by atoms with Crippen molar-refractivity contribution in [3.63, 3.8) is 0 Å². The predicted molar refractivity (Wildman–Crippen MR) is 67.4 cm³/mol. The monoisotopic (exact) mass is 234 g/mol. The lowest BCUT2D eigenvalue weighted by Crippen LogP contribution is -2.01. The van der Waals surface area contributed by atoms with Gasteiger partial charge >= 0.3 is 5.97 Å². The molecule has 0 aliphatic carbocycles. The Morgan fingerprint density at radius 2 is 2.24 bits per heavy atom. The van der Waals surface area contributed by atoms with Gasteiger partial charge in [-0.2, -0.15) is 0 Å². The first kappa shape index (κ1) is 13.5. The van der Waals surface area contributed by atoms with Crippen molar-refractivity contribution < 1.29 is 14.6 Å². The van der Waals surface area contributed by atoms with Gasteiger partial charge in [-0.25, -0.2) is 0 Å². The van der Waals surface area contributed by atoms with E-state index in [1.54, 1.807) is 13.0 Å². The van der Waals surface area contributed by atoms with Gasteiger partial charge in [-0.3, -0.25) is 4.79 Å². The van der Waals surface area contributed by atoms with Gasteiger partial charge in [-0.15, -0.1) is 0 Å². The highest BCUT2D eigenvalue weighted by Crippen LogP contribution is 2.13. The van der Waals surface area contributed by atoms with E-state index in [0.29, 0.717) is 6.61 Å². The number of ether oxygens (including phenoxy) is 1. The summed E-state index contributed by atoms with van der Waals surface area (Å²) in [7, 11) is 0. The van der Waals surface area contributed by atoms with Crippen molar-refractivity contribution in [2.75, 3.05) is 6.61 Å². The topological polar surface area (TPSA) is 46.5 Å². The zero-order valence-corrected chi connectivity index (χ0v) is 10.3. The fourth-order valence-corrected chi connectivity index (χ4v) is 1.53. The minimum Gasteiger partial charge on any atom is -0.466 e. The van der Waals surface area contributed by atoms with Gasteiger partial charge in [0.15, 0.2) is 0 Å². The first-order valence-electron chi connectivity index (χ1n) is 5.70. The van der Waals surface area contributed by atoms with Crippen molar-refractivity contribution in [2.45, 2.75) is 26.9 Å². The Balaban J connectivity index is 2.62. The van der Waals surface area contributed by atoms with Crippen LogP contribution in [0.3, 0.4) is 0 Å². The van der Waals surface area contributed by atoms with Gasteiger partial charge in [-0.1, -0.05) is 30.4 Å². The molecule has 0 radical (unpaired) electrons. The van der Waals surface area contributed by atoms with E-state index in [4.69, 9.17) is 9.84 Å². The summed E-state index contributed by atoms with van der Waals surface area (Å²) in [6, 6.07) is 5.74. The standard InChI is InChI=1S/C14H18O3/c1-3-17-14(16)6-4-5-13-8-7-12(10-15)9-11(13)2/h4-5,7-9,15H,3,6,10H2,1-2H3. The van der Waals surface area contributed by atoms with Crippen LogP contribution in [-0.4, -0.2) is 17.7 Å². The quantitative estimate of drug-likeness (QED) is 0.796. The first-order chi connectivity index (χ1) is 8.17. The maximum Gasteiger partial charge on any atom is 0.309 e. The van der Waals surface area contributed by atoms with E-state index >= 15 is 0 Å². The van der Waals surface area contributed by atoms with Crippen LogP contribution in [0, 0.1) is 6.92 Å². The number of aryl methyl sites for hydroxylation is 1. The fraction of sp³-hybridized carbons (Fsp3) is 0.357. The van der Waals surface area contributed by atoms with Gasteiger partial charge in [0.2, 0.25) is 0 Å². The van der Waals surface area contributed by atoms with E-state index in [2.05, 4.69) is 0 Å². The highest BCUT2D eigenvalue weighted by molar-refractivity contribution is 5.72. The van der Waals surface area contributed by atoms with Crippen LogP contribution in [0.15, 0.2) is 24.3 Å². The van der Waals surface area contributed by atoms with Gasteiger partial charge in [0.25, 0.3) is 0 Å². The van der Waals surface area contributed by atoms with Crippen molar-refractivity contribution >= 4 is 12.0 Å². The van der Waals surface area contributed by atoms with Gasteiger partial charge in [0.1, 0.15) is 0 Å². The molecule has 92 valence electrons. The molecule has 0 bridgehead atoms. The van der Waals surface area contributed by atoms with Crippen molar-refractivity contribution in [3.8, 4) is 0 Å². The maximum atomic E-state index is 11.1. The summed E-state index contributed by atoms with van der Waals surface area (Å²) in [5.74, 6) is -0.214. The molecule has 1 rings (SSSR count). The Labute approximate surface area is 102 Å².